The van der Waals surface area contributed by atoms with Gasteiger partial charge < -0.3 is 5.32 Å². The molecule has 1 aromatic carbocycles. The summed E-state index contributed by atoms with van der Waals surface area (Å²) in [4.78, 5) is 20.6. The van der Waals surface area contributed by atoms with E-state index < -0.39 is 0 Å². The lowest BCUT2D eigenvalue weighted by molar-refractivity contribution is 0.109. The number of hydrogen-bond acceptors (Lipinski definition) is 4. The standard InChI is InChI=1S/C20H29BrN4O/c1-5-7-18(24-11-13(3)22-14(4)12-24)19-23-17-9-8-15(21)10-16(17)20(26)25(19)6-2/h8-10,13-14,18,22H,5-7,11-12H2,1-4H3/t13-,14-,18+/m0/s1. The van der Waals surface area contributed by atoms with Crippen molar-refractivity contribution < 1.29 is 0 Å². The molecule has 0 bridgehead atoms. The highest BCUT2D eigenvalue weighted by Crippen LogP contribution is 2.27. The molecule has 0 spiro atoms. The average Bonchev–Trinajstić information content (AvgIpc) is 2.59. The van der Waals surface area contributed by atoms with Crippen LogP contribution in [0.1, 0.15) is 52.4 Å². The summed E-state index contributed by atoms with van der Waals surface area (Å²) in [6.07, 6.45) is 2.07. The first-order chi connectivity index (χ1) is 12.4. The van der Waals surface area contributed by atoms with Gasteiger partial charge in [0.05, 0.1) is 16.9 Å². The van der Waals surface area contributed by atoms with Crippen molar-refractivity contribution in [3.05, 3.63) is 38.9 Å². The summed E-state index contributed by atoms with van der Waals surface area (Å²) >= 11 is 3.47. The van der Waals surface area contributed by atoms with Crippen LogP contribution in [0, 0.1) is 0 Å². The van der Waals surface area contributed by atoms with Crippen LogP contribution >= 0.6 is 15.9 Å². The molecule has 3 rings (SSSR count). The minimum absolute atomic E-state index is 0.0612. The number of aromatic nitrogens is 2. The molecule has 1 saturated heterocycles. The third-order valence-electron chi connectivity index (χ3n) is 5.15. The molecule has 1 fully saturated rings. The van der Waals surface area contributed by atoms with Crippen LogP contribution in [0.15, 0.2) is 27.5 Å². The van der Waals surface area contributed by atoms with Crippen molar-refractivity contribution in [3.63, 3.8) is 0 Å². The summed E-state index contributed by atoms with van der Waals surface area (Å²) in [5, 5.41) is 4.28. The molecular weight excluding hydrogens is 392 g/mol. The van der Waals surface area contributed by atoms with Gasteiger partial charge in [-0.3, -0.25) is 14.3 Å². The summed E-state index contributed by atoms with van der Waals surface area (Å²) < 4.78 is 2.78. The number of nitrogens with zero attached hydrogens (tertiary/aromatic N) is 3. The first-order valence-electron chi connectivity index (χ1n) is 9.64. The Morgan fingerprint density at radius 3 is 2.58 bits per heavy atom. The van der Waals surface area contributed by atoms with Crippen molar-refractivity contribution in [2.45, 2.75) is 65.2 Å². The smallest absolute Gasteiger partial charge is 0.261 e. The van der Waals surface area contributed by atoms with E-state index in [1.807, 2.05) is 29.7 Å². The number of rotatable bonds is 5. The van der Waals surface area contributed by atoms with Crippen molar-refractivity contribution in [2.24, 2.45) is 0 Å². The Kier molecular flexibility index (Phi) is 6.15. The zero-order valence-electron chi connectivity index (χ0n) is 16.1. The molecule has 1 aromatic heterocycles. The minimum atomic E-state index is 0.0612. The number of halogens is 1. The lowest BCUT2D eigenvalue weighted by Gasteiger charge is -2.41. The van der Waals surface area contributed by atoms with Crippen LogP contribution in [0.3, 0.4) is 0 Å². The van der Waals surface area contributed by atoms with Crippen LogP contribution in [0.25, 0.3) is 10.9 Å². The molecule has 0 amide bonds. The Bertz CT molecular complexity index is 824. The van der Waals surface area contributed by atoms with Crippen LogP contribution in [0.5, 0.6) is 0 Å². The molecule has 0 radical (unpaired) electrons. The Labute approximate surface area is 163 Å². The Hall–Kier alpha value is -1.24. The molecule has 0 saturated carbocycles. The normalized spacial score (nSPS) is 22.7. The van der Waals surface area contributed by atoms with E-state index in [9.17, 15) is 4.79 Å². The van der Waals surface area contributed by atoms with Gasteiger partial charge >= 0.3 is 0 Å². The number of fused-ring (bicyclic) bond motifs is 1. The fraction of sp³-hybridized carbons (Fsp3) is 0.600. The maximum atomic E-state index is 13.1. The van der Waals surface area contributed by atoms with Gasteiger partial charge in [0.15, 0.2) is 0 Å². The second kappa shape index (κ2) is 8.19. The lowest BCUT2D eigenvalue weighted by atomic mass is 10.0. The van der Waals surface area contributed by atoms with Crippen molar-refractivity contribution in [3.8, 4) is 0 Å². The van der Waals surface area contributed by atoms with E-state index in [1.165, 1.54) is 0 Å². The van der Waals surface area contributed by atoms with Crippen LogP contribution in [0.4, 0.5) is 0 Å². The number of nitrogens with one attached hydrogen (secondary N) is 1. The Morgan fingerprint density at radius 2 is 1.96 bits per heavy atom. The van der Waals surface area contributed by atoms with Crippen molar-refractivity contribution in [1.82, 2.24) is 19.8 Å². The van der Waals surface area contributed by atoms with Crippen LogP contribution in [-0.2, 0) is 6.54 Å². The van der Waals surface area contributed by atoms with E-state index >= 15 is 0 Å². The van der Waals surface area contributed by atoms with E-state index in [1.54, 1.807) is 0 Å². The summed E-state index contributed by atoms with van der Waals surface area (Å²) in [6.45, 7) is 11.3. The summed E-state index contributed by atoms with van der Waals surface area (Å²) in [5.41, 5.74) is 0.848. The van der Waals surface area contributed by atoms with Gasteiger partial charge in [-0.15, -0.1) is 0 Å². The molecule has 0 unspecified atom stereocenters. The predicted molar refractivity (Wildman–Crippen MR) is 111 cm³/mol. The Balaban J connectivity index is 2.13. The van der Waals surface area contributed by atoms with E-state index in [4.69, 9.17) is 4.98 Å². The second-order valence-corrected chi connectivity index (χ2v) is 8.32. The van der Waals surface area contributed by atoms with Gasteiger partial charge in [0.25, 0.3) is 5.56 Å². The maximum absolute atomic E-state index is 13.1. The predicted octanol–water partition coefficient (Wildman–Crippen LogP) is 3.70. The summed E-state index contributed by atoms with van der Waals surface area (Å²) in [7, 11) is 0. The molecule has 3 atom stereocenters. The van der Waals surface area contributed by atoms with Crippen LogP contribution in [-0.4, -0.2) is 39.6 Å². The zero-order valence-corrected chi connectivity index (χ0v) is 17.7. The molecule has 1 aliphatic rings. The molecule has 2 heterocycles. The lowest BCUT2D eigenvalue weighted by Crippen LogP contribution is -2.55. The van der Waals surface area contributed by atoms with Gasteiger partial charge in [0.1, 0.15) is 5.82 Å². The quantitative estimate of drug-likeness (QED) is 0.800. The second-order valence-electron chi connectivity index (χ2n) is 7.41. The zero-order chi connectivity index (χ0) is 18.8. The van der Waals surface area contributed by atoms with E-state index in [-0.39, 0.29) is 11.6 Å². The highest BCUT2D eigenvalue weighted by Gasteiger charge is 2.30. The van der Waals surface area contributed by atoms with Gasteiger partial charge in [0, 0.05) is 36.2 Å². The van der Waals surface area contributed by atoms with E-state index in [0.29, 0.717) is 24.0 Å². The van der Waals surface area contributed by atoms with Gasteiger partial charge in [-0.25, -0.2) is 4.98 Å². The maximum Gasteiger partial charge on any atom is 0.261 e. The monoisotopic (exact) mass is 420 g/mol. The van der Waals surface area contributed by atoms with E-state index in [0.717, 1.165) is 41.7 Å². The molecule has 6 heteroatoms. The van der Waals surface area contributed by atoms with Gasteiger partial charge in [-0.1, -0.05) is 29.3 Å². The first kappa shape index (κ1) is 19.5. The largest absolute Gasteiger partial charge is 0.309 e. The molecule has 0 aliphatic carbocycles. The van der Waals surface area contributed by atoms with Crippen molar-refractivity contribution in [2.75, 3.05) is 13.1 Å². The number of benzene rings is 1. The topological polar surface area (TPSA) is 50.2 Å². The average molecular weight is 421 g/mol. The van der Waals surface area contributed by atoms with Gasteiger partial charge in [0.2, 0.25) is 0 Å². The third kappa shape index (κ3) is 3.87. The van der Waals surface area contributed by atoms with Crippen LogP contribution < -0.4 is 10.9 Å². The van der Waals surface area contributed by atoms with Crippen molar-refractivity contribution >= 4 is 26.8 Å². The Morgan fingerprint density at radius 1 is 1.27 bits per heavy atom. The van der Waals surface area contributed by atoms with Crippen molar-refractivity contribution in [1.29, 1.82) is 0 Å². The molecule has 2 aromatic rings. The van der Waals surface area contributed by atoms with Gasteiger partial charge in [-0.2, -0.15) is 0 Å². The van der Waals surface area contributed by atoms with Gasteiger partial charge in [-0.05, 0) is 45.4 Å². The highest BCUT2D eigenvalue weighted by molar-refractivity contribution is 9.10. The fourth-order valence-electron chi connectivity index (χ4n) is 4.14. The SMILES string of the molecule is CCC[C@H](c1nc2ccc(Br)cc2c(=O)n1CC)N1C[C@H](C)N[C@@H](C)C1. The molecule has 142 valence electrons. The molecular formula is C20H29BrN4O. The number of piperazine rings is 1. The minimum Gasteiger partial charge on any atom is -0.309 e. The molecule has 5 nitrogen and oxygen atoms in total. The third-order valence-corrected chi connectivity index (χ3v) is 5.64. The summed E-state index contributed by atoms with van der Waals surface area (Å²) in [6, 6.07) is 6.83. The fourth-order valence-corrected chi connectivity index (χ4v) is 4.50. The molecule has 26 heavy (non-hydrogen) atoms. The molecule has 1 N–H and O–H groups in total. The van der Waals surface area contributed by atoms with Crippen LogP contribution in [0.2, 0.25) is 0 Å². The first-order valence-corrected chi connectivity index (χ1v) is 10.4. The molecule has 1 aliphatic heterocycles. The van der Waals surface area contributed by atoms with E-state index in [2.05, 4.69) is 46.9 Å². The highest BCUT2D eigenvalue weighted by atomic mass is 79.9. The number of hydrogen-bond donors (Lipinski definition) is 1. The summed E-state index contributed by atoms with van der Waals surface area (Å²) in [5.74, 6) is 0.912.